The molecule has 1 saturated heterocycles. The lowest BCUT2D eigenvalue weighted by molar-refractivity contribution is -0.0359. The first-order valence-corrected chi connectivity index (χ1v) is 7.59. The molecule has 2 aromatic heterocycles. The Balaban J connectivity index is 1.40. The van der Waals surface area contributed by atoms with E-state index in [2.05, 4.69) is 15.2 Å². The van der Waals surface area contributed by atoms with Crippen LogP contribution < -0.4 is 5.32 Å². The highest BCUT2D eigenvalue weighted by molar-refractivity contribution is 5.92. The number of carbonyl (C=O) groups excluding carboxylic acids is 1. The first kappa shape index (κ1) is 14.9. The minimum absolute atomic E-state index is 0.0757. The average molecular weight is 303 g/mol. The Labute approximate surface area is 129 Å². The van der Waals surface area contributed by atoms with Crippen molar-refractivity contribution in [1.82, 2.24) is 15.2 Å². The van der Waals surface area contributed by atoms with Crippen LogP contribution in [0.4, 0.5) is 0 Å². The van der Waals surface area contributed by atoms with Gasteiger partial charge in [0.25, 0.3) is 5.91 Å². The number of morpholine rings is 1. The van der Waals surface area contributed by atoms with Crippen LogP contribution in [0, 0.1) is 0 Å². The zero-order valence-electron chi connectivity index (χ0n) is 12.5. The van der Waals surface area contributed by atoms with Gasteiger partial charge in [0.1, 0.15) is 11.5 Å². The molecule has 6 heteroatoms. The molecule has 2 N–H and O–H groups in total. The third kappa shape index (κ3) is 3.99. The maximum absolute atomic E-state index is 11.8. The summed E-state index contributed by atoms with van der Waals surface area (Å²) in [5, 5.41) is 2.91. The van der Waals surface area contributed by atoms with Crippen molar-refractivity contribution in [2.75, 3.05) is 26.2 Å². The first-order chi connectivity index (χ1) is 10.8. The molecule has 118 valence electrons. The summed E-state index contributed by atoms with van der Waals surface area (Å²) in [6.45, 7) is 3.90. The highest BCUT2D eigenvalue weighted by Gasteiger charge is 2.21. The summed E-state index contributed by atoms with van der Waals surface area (Å²) in [5.74, 6) is 0.897. The third-order valence-corrected chi connectivity index (χ3v) is 3.78. The number of amides is 1. The second-order valence-corrected chi connectivity index (χ2v) is 5.44. The molecule has 1 aliphatic heterocycles. The van der Waals surface area contributed by atoms with Crippen molar-refractivity contribution in [3.05, 3.63) is 48.2 Å². The molecule has 1 fully saturated rings. The third-order valence-electron chi connectivity index (χ3n) is 3.78. The molecule has 1 amide bonds. The second kappa shape index (κ2) is 7.29. The van der Waals surface area contributed by atoms with Crippen LogP contribution in [0.15, 0.2) is 41.1 Å². The van der Waals surface area contributed by atoms with Gasteiger partial charge in [-0.3, -0.25) is 9.69 Å². The molecule has 0 radical (unpaired) electrons. The molecule has 1 aliphatic rings. The number of aromatic nitrogens is 1. The Kier molecular flexibility index (Phi) is 4.92. The summed E-state index contributed by atoms with van der Waals surface area (Å²) in [6.07, 6.45) is 4.39. The van der Waals surface area contributed by atoms with Gasteiger partial charge < -0.3 is 19.5 Å². The minimum Gasteiger partial charge on any atom is -0.468 e. The highest BCUT2D eigenvalue weighted by atomic mass is 16.5. The van der Waals surface area contributed by atoms with E-state index in [0.717, 1.165) is 38.4 Å². The predicted octanol–water partition coefficient (Wildman–Crippen LogP) is 1.63. The predicted molar refractivity (Wildman–Crippen MR) is 81.5 cm³/mol. The lowest BCUT2D eigenvalue weighted by Crippen LogP contribution is -2.43. The highest BCUT2D eigenvalue weighted by Crippen LogP contribution is 2.12. The summed E-state index contributed by atoms with van der Waals surface area (Å²) in [7, 11) is 0. The van der Waals surface area contributed by atoms with E-state index in [-0.39, 0.29) is 12.0 Å². The normalized spacial score (nSPS) is 19.2. The van der Waals surface area contributed by atoms with Gasteiger partial charge in [-0.1, -0.05) is 0 Å². The van der Waals surface area contributed by atoms with Crippen molar-refractivity contribution >= 4 is 5.91 Å². The van der Waals surface area contributed by atoms with E-state index in [4.69, 9.17) is 9.15 Å². The molecule has 0 spiro atoms. The molecule has 0 unspecified atom stereocenters. The number of aromatic amines is 1. The molecule has 0 aliphatic carbocycles. The second-order valence-electron chi connectivity index (χ2n) is 5.44. The van der Waals surface area contributed by atoms with Gasteiger partial charge in [0, 0.05) is 25.8 Å². The van der Waals surface area contributed by atoms with Crippen LogP contribution in [0.5, 0.6) is 0 Å². The minimum atomic E-state index is -0.0757. The Bertz CT molecular complexity index is 565. The van der Waals surface area contributed by atoms with Crippen molar-refractivity contribution < 1.29 is 13.9 Å². The van der Waals surface area contributed by atoms with Crippen LogP contribution >= 0.6 is 0 Å². The summed E-state index contributed by atoms with van der Waals surface area (Å²) >= 11 is 0. The fourth-order valence-corrected chi connectivity index (χ4v) is 2.64. The van der Waals surface area contributed by atoms with Crippen molar-refractivity contribution in [2.45, 2.75) is 19.1 Å². The number of nitrogens with one attached hydrogen (secondary N) is 2. The van der Waals surface area contributed by atoms with Crippen LogP contribution in [0.3, 0.4) is 0 Å². The molecule has 3 heterocycles. The molecule has 3 rings (SSSR count). The monoisotopic (exact) mass is 303 g/mol. The van der Waals surface area contributed by atoms with Crippen molar-refractivity contribution in [3.8, 4) is 0 Å². The van der Waals surface area contributed by atoms with Crippen LogP contribution in [-0.4, -0.2) is 48.1 Å². The Morgan fingerprint density at radius 2 is 2.36 bits per heavy atom. The molecule has 0 bridgehead atoms. The van der Waals surface area contributed by atoms with Crippen molar-refractivity contribution in [1.29, 1.82) is 0 Å². The molecule has 6 nitrogen and oxygen atoms in total. The lowest BCUT2D eigenvalue weighted by atomic mass is 10.2. The van der Waals surface area contributed by atoms with E-state index >= 15 is 0 Å². The fourth-order valence-electron chi connectivity index (χ4n) is 2.64. The lowest BCUT2D eigenvalue weighted by Gasteiger charge is -2.32. The van der Waals surface area contributed by atoms with Crippen molar-refractivity contribution in [3.63, 3.8) is 0 Å². The van der Waals surface area contributed by atoms with Crippen LogP contribution in [-0.2, 0) is 11.3 Å². The number of hydrogen-bond donors (Lipinski definition) is 2. The van der Waals surface area contributed by atoms with Crippen LogP contribution in [0.25, 0.3) is 0 Å². The summed E-state index contributed by atoms with van der Waals surface area (Å²) in [4.78, 5) is 17.0. The largest absolute Gasteiger partial charge is 0.468 e. The Morgan fingerprint density at radius 1 is 1.41 bits per heavy atom. The van der Waals surface area contributed by atoms with E-state index in [1.54, 1.807) is 18.5 Å². The number of furan rings is 1. The zero-order chi connectivity index (χ0) is 15.2. The summed E-state index contributed by atoms with van der Waals surface area (Å²) in [5.41, 5.74) is 0.587. The Morgan fingerprint density at radius 3 is 3.14 bits per heavy atom. The van der Waals surface area contributed by atoms with E-state index in [1.165, 1.54) is 0 Å². The van der Waals surface area contributed by atoms with Gasteiger partial charge in [0.05, 0.1) is 25.5 Å². The number of hydrogen-bond acceptors (Lipinski definition) is 4. The van der Waals surface area contributed by atoms with Crippen LogP contribution in [0.1, 0.15) is 22.7 Å². The van der Waals surface area contributed by atoms with E-state index in [1.807, 2.05) is 18.2 Å². The zero-order valence-corrected chi connectivity index (χ0v) is 12.5. The Hall–Kier alpha value is -2.05. The number of rotatable bonds is 6. The van der Waals surface area contributed by atoms with Gasteiger partial charge in [-0.2, -0.15) is 0 Å². The quantitative estimate of drug-likeness (QED) is 0.851. The smallest absolute Gasteiger partial charge is 0.267 e. The summed E-state index contributed by atoms with van der Waals surface area (Å²) in [6, 6.07) is 7.47. The van der Waals surface area contributed by atoms with Gasteiger partial charge in [-0.15, -0.1) is 0 Å². The first-order valence-electron chi connectivity index (χ1n) is 7.59. The number of ether oxygens (including phenoxy) is 1. The van der Waals surface area contributed by atoms with Crippen LogP contribution in [0.2, 0.25) is 0 Å². The molecule has 2 aromatic rings. The van der Waals surface area contributed by atoms with Gasteiger partial charge in [-0.05, 0) is 30.7 Å². The topological polar surface area (TPSA) is 70.5 Å². The SMILES string of the molecule is O=C(NCC[C@H]1CN(Cc2ccco2)CCO1)c1ccc[nH]1. The molecule has 0 saturated carbocycles. The van der Waals surface area contributed by atoms with Gasteiger partial charge in [-0.25, -0.2) is 0 Å². The van der Waals surface area contributed by atoms with Gasteiger partial charge in [0.15, 0.2) is 0 Å². The number of nitrogens with zero attached hydrogens (tertiary/aromatic N) is 1. The molecule has 22 heavy (non-hydrogen) atoms. The molecular formula is C16H21N3O3. The molecular weight excluding hydrogens is 282 g/mol. The summed E-state index contributed by atoms with van der Waals surface area (Å²) < 4.78 is 11.2. The molecule has 0 aromatic carbocycles. The van der Waals surface area contributed by atoms with E-state index in [9.17, 15) is 4.79 Å². The van der Waals surface area contributed by atoms with Gasteiger partial charge >= 0.3 is 0 Å². The maximum Gasteiger partial charge on any atom is 0.267 e. The van der Waals surface area contributed by atoms with E-state index in [0.29, 0.717) is 12.2 Å². The fraction of sp³-hybridized carbons (Fsp3) is 0.438. The van der Waals surface area contributed by atoms with Crippen molar-refractivity contribution in [2.24, 2.45) is 0 Å². The molecule has 1 atom stereocenters. The van der Waals surface area contributed by atoms with Gasteiger partial charge in [0.2, 0.25) is 0 Å². The maximum atomic E-state index is 11.8. The number of H-pyrrole nitrogens is 1. The standard InChI is InChI=1S/C16H21N3O3/c20-16(15-4-1-6-17-15)18-7-5-14-12-19(8-10-22-14)11-13-3-2-9-21-13/h1-4,6,9,14,17H,5,7-8,10-12H2,(H,18,20)/t14-/m0/s1. The average Bonchev–Trinajstić information content (AvgIpc) is 3.21. The number of carbonyl (C=O) groups is 1. The van der Waals surface area contributed by atoms with E-state index < -0.39 is 0 Å².